The third-order valence-corrected chi connectivity index (χ3v) is 4.71. The first kappa shape index (κ1) is 21.2. The smallest absolute Gasteiger partial charge is 0.316 e. The average molecular weight is 458 g/mol. The molecule has 0 aliphatic rings. The number of hydrogen-bond acceptors (Lipinski definition) is 7. The molecular weight excluding hydrogens is 444 g/mol. The van der Waals surface area contributed by atoms with Gasteiger partial charge in [0.1, 0.15) is 16.7 Å². The van der Waals surface area contributed by atoms with Crippen LogP contribution in [-0.2, 0) is 7.05 Å². The number of rotatable bonds is 5. The van der Waals surface area contributed by atoms with E-state index < -0.39 is 23.4 Å². The third kappa shape index (κ3) is 4.23. The Morgan fingerprint density at radius 3 is 2.75 bits per heavy atom. The summed E-state index contributed by atoms with van der Waals surface area (Å²) in [5.74, 6) is -3.34. The summed E-state index contributed by atoms with van der Waals surface area (Å²) in [6.45, 7) is 1.86. The van der Waals surface area contributed by atoms with E-state index >= 15 is 0 Å². The first-order chi connectivity index (χ1) is 15.3. The summed E-state index contributed by atoms with van der Waals surface area (Å²) in [6, 6.07) is 5.70. The molecule has 0 aliphatic carbocycles. The van der Waals surface area contributed by atoms with Crippen molar-refractivity contribution in [3.05, 3.63) is 82.5 Å². The SMILES string of the molecule is Cc1c(C(=CNC(=O)c2nc(-c3ncc(F)cc3F)no2)c2cccc(Cl)n2)cnn1C. The summed E-state index contributed by atoms with van der Waals surface area (Å²) in [5.41, 5.74) is 2.23. The molecule has 0 bridgehead atoms. The van der Waals surface area contributed by atoms with Gasteiger partial charge in [0.2, 0.25) is 5.82 Å². The highest BCUT2D eigenvalue weighted by Crippen LogP contribution is 2.25. The molecule has 4 aromatic heterocycles. The van der Waals surface area contributed by atoms with Crippen LogP contribution in [0.1, 0.15) is 27.6 Å². The van der Waals surface area contributed by atoms with Crippen molar-refractivity contribution in [3.8, 4) is 11.5 Å². The molecule has 4 rings (SSSR count). The van der Waals surface area contributed by atoms with Gasteiger partial charge in [-0.25, -0.2) is 18.7 Å². The molecule has 1 amide bonds. The first-order valence-corrected chi connectivity index (χ1v) is 9.49. The van der Waals surface area contributed by atoms with E-state index in [1.54, 1.807) is 36.1 Å². The van der Waals surface area contributed by atoms with E-state index in [0.717, 1.165) is 11.9 Å². The van der Waals surface area contributed by atoms with E-state index in [1.807, 2.05) is 6.92 Å². The lowest BCUT2D eigenvalue weighted by atomic mass is 10.0. The Morgan fingerprint density at radius 1 is 1.25 bits per heavy atom. The number of aromatic nitrogens is 6. The molecule has 1 N–H and O–H groups in total. The molecule has 9 nitrogen and oxygen atoms in total. The summed E-state index contributed by atoms with van der Waals surface area (Å²) in [5, 5.41) is 10.6. The lowest BCUT2D eigenvalue weighted by Gasteiger charge is -2.08. The predicted molar refractivity (Wildman–Crippen MR) is 109 cm³/mol. The number of hydrogen-bond donors (Lipinski definition) is 1. The molecular formula is C20H14ClF2N7O2. The maximum Gasteiger partial charge on any atom is 0.316 e. The Labute approximate surface area is 184 Å². The number of carbonyl (C=O) groups is 1. The van der Waals surface area contributed by atoms with Crippen LogP contribution >= 0.6 is 11.6 Å². The lowest BCUT2D eigenvalue weighted by Crippen LogP contribution is -2.18. The number of halogens is 3. The fourth-order valence-corrected chi connectivity index (χ4v) is 2.97. The zero-order chi connectivity index (χ0) is 22.8. The maximum absolute atomic E-state index is 13.9. The van der Waals surface area contributed by atoms with Crippen LogP contribution in [0.25, 0.3) is 17.1 Å². The molecule has 0 fully saturated rings. The van der Waals surface area contributed by atoms with E-state index in [0.29, 0.717) is 22.9 Å². The van der Waals surface area contributed by atoms with Crippen molar-refractivity contribution in [2.24, 2.45) is 7.05 Å². The fourth-order valence-electron chi connectivity index (χ4n) is 2.80. The Kier molecular flexibility index (Phi) is 5.73. The number of pyridine rings is 2. The standard InChI is InChI=1S/C20H14ClF2N7O2/c1-10-12(9-26-30(10)2)13(15-4-3-5-16(21)27-15)8-25-19(31)20-28-18(29-32-20)17-14(23)6-11(22)7-24-17/h3-9H,1-2H3,(H,25,31). The van der Waals surface area contributed by atoms with Crippen LogP contribution in [0.3, 0.4) is 0 Å². The topological polar surface area (TPSA) is 112 Å². The van der Waals surface area contributed by atoms with Crippen LogP contribution in [-0.4, -0.2) is 35.8 Å². The quantitative estimate of drug-likeness (QED) is 0.457. The van der Waals surface area contributed by atoms with Crippen molar-refractivity contribution in [1.82, 2.24) is 35.2 Å². The highest BCUT2D eigenvalue weighted by Gasteiger charge is 2.20. The summed E-state index contributed by atoms with van der Waals surface area (Å²) in [4.78, 5) is 24.3. The second-order valence-electron chi connectivity index (χ2n) is 6.55. The normalized spacial score (nSPS) is 11.6. The summed E-state index contributed by atoms with van der Waals surface area (Å²) >= 11 is 6.02. The van der Waals surface area contributed by atoms with Crippen LogP contribution in [0.2, 0.25) is 5.15 Å². The molecule has 0 saturated carbocycles. The maximum atomic E-state index is 13.9. The minimum absolute atomic E-state index is 0.275. The molecule has 4 heterocycles. The molecule has 12 heteroatoms. The Balaban J connectivity index is 1.64. The molecule has 0 atom stereocenters. The van der Waals surface area contributed by atoms with Crippen molar-refractivity contribution >= 4 is 23.1 Å². The zero-order valence-electron chi connectivity index (χ0n) is 16.7. The highest BCUT2D eigenvalue weighted by atomic mass is 35.5. The average Bonchev–Trinajstić information content (AvgIpc) is 3.37. The van der Waals surface area contributed by atoms with Gasteiger partial charge in [0.25, 0.3) is 0 Å². The molecule has 0 spiro atoms. The third-order valence-electron chi connectivity index (χ3n) is 4.50. The minimum atomic E-state index is -0.987. The second kappa shape index (κ2) is 8.63. The van der Waals surface area contributed by atoms with Gasteiger partial charge in [-0.3, -0.25) is 9.48 Å². The molecule has 0 radical (unpaired) electrons. The molecule has 4 aromatic rings. The van der Waals surface area contributed by atoms with Crippen molar-refractivity contribution in [2.75, 3.05) is 0 Å². The van der Waals surface area contributed by atoms with Gasteiger partial charge in [0.15, 0.2) is 5.82 Å². The number of carbonyl (C=O) groups excluding carboxylic acids is 1. The highest BCUT2D eigenvalue weighted by molar-refractivity contribution is 6.29. The van der Waals surface area contributed by atoms with Gasteiger partial charge in [-0.2, -0.15) is 10.1 Å². The molecule has 0 aliphatic heterocycles. The monoisotopic (exact) mass is 457 g/mol. The Hall–Kier alpha value is -3.99. The van der Waals surface area contributed by atoms with Gasteiger partial charge >= 0.3 is 11.8 Å². The van der Waals surface area contributed by atoms with Gasteiger partial charge in [0, 0.05) is 36.1 Å². The van der Waals surface area contributed by atoms with Crippen LogP contribution in [0.5, 0.6) is 0 Å². The molecule has 162 valence electrons. The van der Waals surface area contributed by atoms with Crippen LogP contribution in [0.4, 0.5) is 8.78 Å². The predicted octanol–water partition coefficient (Wildman–Crippen LogP) is 3.32. The Bertz CT molecular complexity index is 1350. The summed E-state index contributed by atoms with van der Waals surface area (Å²) in [6.07, 6.45) is 3.84. The van der Waals surface area contributed by atoms with Gasteiger partial charge in [0.05, 0.1) is 18.1 Å². The second-order valence-corrected chi connectivity index (χ2v) is 6.94. The Morgan fingerprint density at radius 2 is 2.06 bits per heavy atom. The van der Waals surface area contributed by atoms with E-state index in [4.69, 9.17) is 16.1 Å². The first-order valence-electron chi connectivity index (χ1n) is 9.11. The zero-order valence-corrected chi connectivity index (χ0v) is 17.4. The lowest BCUT2D eigenvalue weighted by molar-refractivity contribution is 0.0927. The van der Waals surface area contributed by atoms with Crippen molar-refractivity contribution < 1.29 is 18.1 Å². The fraction of sp³-hybridized carbons (Fsp3) is 0.100. The van der Waals surface area contributed by atoms with Gasteiger partial charge < -0.3 is 9.84 Å². The van der Waals surface area contributed by atoms with E-state index in [-0.39, 0.29) is 16.7 Å². The van der Waals surface area contributed by atoms with E-state index in [1.165, 1.54) is 6.20 Å². The molecule has 32 heavy (non-hydrogen) atoms. The number of nitrogens with zero attached hydrogens (tertiary/aromatic N) is 6. The summed E-state index contributed by atoms with van der Waals surface area (Å²) < 4.78 is 33.5. The van der Waals surface area contributed by atoms with Crippen LogP contribution < -0.4 is 5.32 Å². The molecule has 0 saturated heterocycles. The summed E-state index contributed by atoms with van der Waals surface area (Å²) in [7, 11) is 1.78. The van der Waals surface area contributed by atoms with Gasteiger partial charge in [-0.1, -0.05) is 22.8 Å². The van der Waals surface area contributed by atoms with Crippen LogP contribution in [0.15, 0.2) is 47.4 Å². The number of nitrogens with one attached hydrogen (secondary N) is 1. The molecule has 0 aromatic carbocycles. The van der Waals surface area contributed by atoms with E-state index in [2.05, 4.69) is 30.5 Å². The van der Waals surface area contributed by atoms with E-state index in [9.17, 15) is 13.6 Å². The minimum Gasteiger partial charge on any atom is -0.328 e. The number of amides is 1. The number of aryl methyl sites for hydroxylation is 1. The molecule has 0 unspecified atom stereocenters. The van der Waals surface area contributed by atoms with Crippen molar-refractivity contribution in [3.63, 3.8) is 0 Å². The van der Waals surface area contributed by atoms with Crippen LogP contribution in [0, 0.1) is 18.6 Å². The van der Waals surface area contributed by atoms with Crippen molar-refractivity contribution in [2.45, 2.75) is 6.92 Å². The van der Waals surface area contributed by atoms with Crippen molar-refractivity contribution in [1.29, 1.82) is 0 Å². The largest absolute Gasteiger partial charge is 0.328 e. The van der Waals surface area contributed by atoms with Gasteiger partial charge in [-0.05, 0) is 19.1 Å². The van der Waals surface area contributed by atoms with Gasteiger partial charge in [-0.15, -0.1) is 0 Å².